The maximum Gasteiger partial charge on any atom is 0.334 e. The summed E-state index contributed by atoms with van der Waals surface area (Å²) in [7, 11) is 9.43. The van der Waals surface area contributed by atoms with Crippen molar-refractivity contribution in [3.05, 3.63) is 0 Å². The summed E-state index contributed by atoms with van der Waals surface area (Å²) in [6, 6.07) is 0.995. The van der Waals surface area contributed by atoms with Crippen molar-refractivity contribution in [2.75, 3.05) is 49.0 Å². The van der Waals surface area contributed by atoms with Gasteiger partial charge >= 0.3 is 8.56 Å². The van der Waals surface area contributed by atoms with E-state index >= 15 is 0 Å². The summed E-state index contributed by atoms with van der Waals surface area (Å²) in [4.78, 5) is 8.43. The van der Waals surface area contributed by atoms with Crippen LogP contribution in [-0.4, -0.2) is 73.3 Å². The maximum absolute atomic E-state index is 5.46. The Kier molecular flexibility index (Phi) is 7.41. The van der Waals surface area contributed by atoms with Gasteiger partial charge in [0, 0.05) is 49.0 Å². The summed E-state index contributed by atoms with van der Waals surface area (Å²) in [5, 5.41) is 0. The molecular formula is C11H27N3O2Si. The monoisotopic (exact) mass is 261 g/mol. The zero-order chi connectivity index (χ0) is 13.5. The fourth-order valence-electron chi connectivity index (χ4n) is 1.74. The molecule has 0 aliphatic rings. The van der Waals surface area contributed by atoms with Crippen molar-refractivity contribution >= 4 is 14.5 Å². The highest BCUT2D eigenvalue weighted by Crippen LogP contribution is 2.13. The molecule has 0 radical (unpaired) electrons. The van der Waals surface area contributed by atoms with Crippen LogP contribution in [0.15, 0.2) is 4.99 Å². The van der Waals surface area contributed by atoms with Gasteiger partial charge in [-0.3, -0.25) is 4.99 Å². The summed E-state index contributed by atoms with van der Waals surface area (Å²) in [5.74, 6) is 0.989. The van der Waals surface area contributed by atoms with E-state index in [0.29, 0.717) is 0 Å². The second-order valence-electron chi connectivity index (χ2n) is 4.49. The lowest BCUT2D eigenvalue weighted by Crippen LogP contribution is -2.40. The predicted molar refractivity (Wildman–Crippen MR) is 74.7 cm³/mol. The van der Waals surface area contributed by atoms with Gasteiger partial charge in [0.05, 0.1) is 0 Å². The molecule has 0 aromatic carbocycles. The fraction of sp³-hybridized carbons (Fsp3) is 0.909. The molecule has 0 spiro atoms. The molecule has 0 amide bonds. The van der Waals surface area contributed by atoms with Crippen LogP contribution in [0, 0.1) is 0 Å². The Morgan fingerprint density at radius 2 is 1.71 bits per heavy atom. The normalized spacial score (nSPS) is 12.8. The Bertz CT molecular complexity index is 243. The van der Waals surface area contributed by atoms with Crippen molar-refractivity contribution in [1.82, 2.24) is 9.80 Å². The first-order valence-electron chi connectivity index (χ1n) is 5.85. The molecule has 0 N–H and O–H groups in total. The highest BCUT2D eigenvalue weighted by atomic mass is 28.4. The van der Waals surface area contributed by atoms with Gasteiger partial charge in [-0.2, -0.15) is 0 Å². The minimum Gasteiger partial charge on any atom is -0.398 e. The van der Waals surface area contributed by atoms with E-state index in [-0.39, 0.29) is 0 Å². The Hall–Kier alpha value is -0.593. The summed E-state index contributed by atoms with van der Waals surface area (Å²) >= 11 is 0. The molecule has 5 nitrogen and oxygen atoms in total. The van der Waals surface area contributed by atoms with Crippen LogP contribution >= 0.6 is 0 Å². The van der Waals surface area contributed by atoms with Crippen molar-refractivity contribution in [2.24, 2.45) is 4.99 Å². The van der Waals surface area contributed by atoms with Gasteiger partial charge < -0.3 is 18.7 Å². The minimum absolute atomic E-state index is 0.958. The Balaban J connectivity index is 4.13. The summed E-state index contributed by atoms with van der Waals surface area (Å²) in [6.45, 7) is 3.05. The summed E-state index contributed by atoms with van der Waals surface area (Å²) in [5.41, 5.74) is 0. The van der Waals surface area contributed by atoms with Gasteiger partial charge in [0.2, 0.25) is 0 Å². The third kappa shape index (κ3) is 5.52. The third-order valence-electron chi connectivity index (χ3n) is 2.93. The molecule has 0 fully saturated rings. The van der Waals surface area contributed by atoms with Gasteiger partial charge in [-0.1, -0.05) is 0 Å². The van der Waals surface area contributed by atoms with Crippen molar-refractivity contribution in [3.63, 3.8) is 0 Å². The first-order chi connectivity index (χ1) is 7.90. The van der Waals surface area contributed by atoms with Crippen LogP contribution in [0.5, 0.6) is 0 Å². The van der Waals surface area contributed by atoms with E-state index in [2.05, 4.69) is 23.5 Å². The maximum atomic E-state index is 5.46. The summed E-state index contributed by atoms with van der Waals surface area (Å²) < 4.78 is 10.9. The van der Waals surface area contributed by atoms with Crippen LogP contribution in [0.4, 0.5) is 0 Å². The second kappa shape index (κ2) is 7.68. The van der Waals surface area contributed by atoms with Gasteiger partial charge in [-0.25, -0.2) is 0 Å². The molecule has 0 aromatic heterocycles. The molecule has 0 unspecified atom stereocenters. The number of rotatable bonds is 6. The van der Waals surface area contributed by atoms with E-state index < -0.39 is 8.56 Å². The molecule has 0 atom stereocenters. The van der Waals surface area contributed by atoms with E-state index in [1.807, 2.05) is 26.0 Å². The highest BCUT2D eigenvalue weighted by Gasteiger charge is 2.28. The van der Waals surface area contributed by atoms with Crippen molar-refractivity contribution in [3.8, 4) is 0 Å². The smallest absolute Gasteiger partial charge is 0.334 e. The molecule has 0 aliphatic heterocycles. The van der Waals surface area contributed by atoms with E-state index in [9.17, 15) is 0 Å². The Morgan fingerprint density at radius 3 is 2.06 bits per heavy atom. The molecule has 17 heavy (non-hydrogen) atoms. The van der Waals surface area contributed by atoms with Gasteiger partial charge in [0.1, 0.15) is 0 Å². The van der Waals surface area contributed by atoms with Crippen molar-refractivity contribution in [2.45, 2.75) is 19.0 Å². The molecule has 0 heterocycles. The van der Waals surface area contributed by atoms with Gasteiger partial charge in [0.25, 0.3) is 0 Å². The standard InChI is InChI=1S/C11H27N3O2Si/c1-12-11(13(2)3)14(4)9-8-10-17(7,15-5)16-6/h8-10H2,1-7H3. The number of hydrogen-bond acceptors (Lipinski definition) is 3. The quantitative estimate of drug-likeness (QED) is 0.409. The van der Waals surface area contributed by atoms with Crippen molar-refractivity contribution in [1.29, 1.82) is 0 Å². The Labute approximate surface area is 107 Å². The van der Waals surface area contributed by atoms with Gasteiger partial charge in [0.15, 0.2) is 5.96 Å². The van der Waals surface area contributed by atoms with Crippen LogP contribution in [0.1, 0.15) is 6.42 Å². The van der Waals surface area contributed by atoms with E-state index in [1.54, 1.807) is 14.2 Å². The number of aliphatic imine (C=N–C) groups is 1. The highest BCUT2D eigenvalue weighted by molar-refractivity contribution is 6.65. The molecule has 0 saturated carbocycles. The van der Waals surface area contributed by atoms with Crippen LogP contribution in [0.2, 0.25) is 12.6 Å². The average molecular weight is 261 g/mol. The minimum atomic E-state index is -1.92. The molecule has 0 saturated heterocycles. The molecule has 0 aromatic rings. The van der Waals surface area contributed by atoms with Crippen LogP contribution in [0.25, 0.3) is 0 Å². The SMILES string of the molecule is CN=C(N(C)C)N(C)CCC[Si](C)(OC)OC. The Morgan fingerprint density at radius 1 is 1.18 bits per heavy atom. The van der Waals surface area contributed by atoms with Crippen LogP contribution in [0.3, 0.4) is 0 Å². The molecule has 0 bridgehead atoms. The van der Waals surface area contributed by atoms with Crippen molar-refractivity contribution < 1.29 is 8.85 Å². The lowest BCUT2D eigenvalue weighted by Gasteiger charge is -2.28. The first-order valence-corrected chi connectivity index (χ1v) is 8.38. The third-order valence-corrected chi connectivity index (χ3v) is 5.92. The lowest BCUT2D eigenvalue weighted by molar-refractivity contribution is 0.247. The van der Waals surface area contributed by atoms with Gasteiger partial charge in [-0.15, -0.1) is 0 Å². The molecule has 102 valence electrons. The van der Waals surface area contributed by atoms with E-state index in [0.717, 1.165) is 25.0 Å². The molecule has 6 heteroatoms. The topological polar surface area (TPSA) is 37.3 Å². The summed E-state index contributed by atoms with van der Waals surface area (Å²) in [6.07, 6.45) is 1.05. The zero-order valence-electron chi connectivity index (χ0n) is 12.3. The van der Waals surface area contributed by atoms with E-state index in [1.165, 1.54) is 0 Å². The van der Waals surface area contributed by atoms with E-state index in [4.69, 9.17) is 8.85 Å². The average Bonchev–Trinajstić information content (AvgIpc) is 2.29. The first kappa shape index (κ1) is 16.4. The molecule has 0 aliphatic carbocycles. The molecule has 0 rings (SSSR count). The predicted octanol–water partition coefficient (Wildman–Crippen LogP) is 1.22. The zero-order valence-corrected chi connectivity index (χ0v) is 13.3. The van der Waals surface area contributed by atoms with Crippen LogP contribution in [-0.2, 0) is 8.85 Å². The molecular weight excluding hydrogens is 234 g/mol. The lowest BCUT2D eigenvalue weighted by atomic mass is 10.4. The van der Waals surface area contributed by atoms with Gasteiger partial charge in [-0.05, 0) is 19.0 Å². The second-order valence-corrected chi connectivity index (χ2v) is 8.07. The number of guanidine groups is 1. The number of nitrogens with zero attached hydrogens (tertiary/aromatic N) is 3. The fourth-order valence-corrected chi connectivity index (χ4v) is 3.11. The van der Waals surface area contributed by atoms with Crippen LogP contribution < -0.4 is 0 Å². The number of hydrogen-bond donors (Lipinski definition) is 0. The largest absolute Gasteiger partial charge is 0.398 e.